The molecular weight excluding hydrogens is 208 g/mol. The molecule has 86 valence electrons. The standard InChI is InChI=1S/C15H16N2/c1-2-4-12(5-3-1)13-6-7-15(17-11-13)14-8-9-16-10-14/h1-7,11,14,16H,8-10H2. The fourth-order valence-corrected chi connectivity index (χ4v) is 2.36. The van der Waals surface area contributed by atoms with Crippen molar-refractivity contribution in [2.45, 2.75) is 12.3 Å². The van der Waals surface area contributed by atoms with Crippen molar-refractivity contribution in [3.63, 3.8) is 0 Å². The molecule has 1 atom stereocenters. The number of hydrogen-bond acceptors (Lipinski definition) is 2. The third kappa shape index (κ3) is 2.22. The van der Waals surface area contributed by atoms with Gasteiger partial charge >= 0.3 is 0 Å². The van der Waals surface area contributed by atoms with E-state index in [2.05, 4.69) is 46.7 Å². The quantitative estimate of drug-likeness (QED) is 0.848. The smallest absolute Gasteiger partial charge is 0.0448 e. The molecule has 1 aromatic heterocycles. The predicted molar refractivity (Wildman–Crippen MR) is 69.9 cm³/mol. The van der Waals surface area contributed by atoms with Gasteiger partial charge in [-0.05, 0) is 24.6 Å². The molecule has 0 spiro atoms. The Hall–Kier alpha value is -1.67. The lowest BCUT2D eigenvalue weighted by atomic mass is 10.0. The van der Waals surface area contributed by atoms with Crippen LogP contribution in [0.4, 0.5) is 0 Å². The molecule has 1 N–H and O–H groups in total. The summed E-state index contributed by atoms with van der Waals surface area (Å²) in [6, 6.07) is 14.7. The fraction of sp³-hybridized carbons (Fsp3) is 0.267. The maximum Gasteiger partial charge on any atom is 0.0448 e. The summed E-state index contributed by atoms with van der Waals surface area (Å²) in [4.78, 5) is 4.60. The van der Waals surface area contributed by atoms with Crippen LogP contribution in [0.1, 0.15) is 18.0 Å². The van der Waals surface area contributed by atoms with Crippen molar-refractivity contribution in [1.82, 2.24) is 10.3 Å². The third-order valence-corrected chi connectivity index (χ3v) is 3.37. The van der Waals surface area contributed by atoms with Crippen molar-refractivity contribution in [2.24, 2.45) is 0 Å². The average Bonchev–Trinajstić information content (AvgIpc) is 2.94. The van der Waals surface area contributed by atoms with Crippen LogP contribution in [-0.4, -0.2) is 18.1 Å². The summed E-state index contributed by atoms with van der Waals surface area (Å²) >= 11 is 0. The number of pyridine rings is 1. The lowest BCUT2D eigenvalue weighted by Gasteiger charge is -2.08. The Labute approximate surface area is 102 Å². The normalized spacial score (nSPS) is 19.4. The Morgan fingerprint density at radius 3 is 2.53 bits per heavy atom. The van der Waals surface area contributed by atoms with Crippen molar-refractivity contribution in [3.05, 3.63) is 54.4 Å². The van der Waals surface area contributed by atoms with Crippen molar-refractivity contribution in [3.8, 4) is 11.1 Å². The molecule has 0 saturated carbocycles. The summed E-state index contributed by atoms with van der Waals surface area (Å²) in [5, 5.41) is 3.38. The second kappa shape index (κ2) is 4.68. The van der Waals surface area contributed by atoms with E-state index < -0.39 is 0 Å². The van der Waals surface area contributed by atoms with Crippen LogP contribution >= 0.6 is 0 Å². The minimum Gasteiger partial charge on any atom is -0.316 e. The number of nitrogens with one attached hydrogen (secondary N) is 1. The van der Waals surface area contributed by atoms with Gasteiger partial charge in [0.15, 0.2) is 0 Å². The highest BCUT2D eigenvalue weighted by atomic mass is 14.9. The number of benzene rings is 1. The molecule has 1 aliphatic heterocycles. The Bertz CT molecular complexity index is 470. The SMILES string of the molecule is c1ccc(-c2ccc(C3CCNC3)nc2)cc1. The van der Waals surface area contributed by atoms with Gasteiger partial charge in [-0.25, -0.2) is 0 Å². The van der Waals surface area contributed by atoms with Crippen LogP contribution in [0.25, 0.3) is 11.1 Å². The van der Waals surface area contributed by atoms with Gasteiger partial charge in [0.25, 0.3) is 0 Å². The molecule has 2 nitrogen and oxygen atoms in total. The van der Waals surface area contributed by atoms with Crippen molar-refractivity contribution in [2.75, 3.05) is 13.1 Å². The summed E-state index contributed by atoms with van der Waals surface area (Å²) in [6.45, 7) is 2.18. The Morgan fingerprint density at radius 2 is 1.88 bits per heavy atom. The van der Waals surface area contributed by atoms with Gasteiger partial charge in [-0.2, -0.15) is 0 Å². The van der Waals surface area contributed by atoms with Crippen LogP contribution in [0.2, 0.25) is 0 Å². The van der Waals surface area contributed by atoms with Crippen molar-refractivity contribution < 1.29 is 0 Å². The van der Waals surface area contributed by atoms with E-state index in [1.165, 1.54) is 23.2 Å². The van der Waals surface area contributed by atoms with Gasteiger partial charge in [-0.15, -0.1) is 0 Å². The zero-order chi connectivity index (χ0) is 11.5. The van der Waals surface area contributed by atoms with Crippen molar-refractivity contribution >= 4 is 0 Å². The number of aromatic nitrogens is 1. The van der Waals surface area contributed by atoms with Crippen LogP contribution in [0.5, 0.6) is 0 Å². The van der Waals surface area contributed by atoms with E-state index in [1.54, 1.807) is 0 Å². The Kier molecular flexibility index (Phi) is 2.88. The molecular formula is C15H16N2. The molecule has 1 saturated heterocycles. The minimum absolute atomic E-state index is 0.597. The first-order valence-corrected chi connectivity index (χ1v) is 6.15. The van der Waals surface area contributed by atoms with E-state index in [-0.39, 0.29) is 0 Å². The van der Waals surface area contributed by atoms with E-state index >= 15 is 0 Å². The van der Waals surface area contributed by atoms with Gasteiger partial charge in [0.2, 0.25) is 0 Å². The van der Waals surface area contributed by atoms with E-state index in [9.17, 15) is 0 Å². The van der Waals surface area contributed by atoms with Crippen LogP contribution in [-0.2, 0) is 0 Å². The first-order valence-electron chi connectivity index (χ1n) is 6.15. The lowest BCUT2D eigenvalue weighted by Crippen LogP contribution is -2.08. The highest BCUT2D eigenvalue weighted by Crippen LogP contribution is 2.23. The van der Waals surface area contributed by atoms with E-state index in [4.69, 9.17) is 0 Å². The average molecular weight is 224 g/mol. The molecule has 3 rings (SSSR count). The first kappa shape index (κ1) is 10.5. The number of hydrogen-bond donors (Lipinski definition) is 1. The molecule has 1 fully saturated rings. The molecule has 2 aromatic rings. The molecule has 0 radical (unpaired) electrons. The third-order valence-electron chi connectivity index (χ3n) is 3.37. The zero-order valence-electron chi connectivity index (χ0n) is 9.76. The predicted octanol–water partition coefficient (Wildman–Crippen LogP) is 2.83. The lowest BCUT2D eigenvalue weighted by molar-refractivity contribution is 0.735. The first-order chi connectivity index (χ1) is 8.43. The van der Waals surface area contributed by atoms with Gasteiger partial charge in [-0.1, -0.05) is 36.4 Å². The van der Waals surface area contributed by atoms with Crippen LogP contribution in [0.15, 0.2) is 48.7 Å². The molecule has 0 amide bonds. The number of nitrogens with zero attached hydrogens (tertiary/aromatic N) is 1. The molecule has 0 aliphatic carbocycles. The summed E-state index contributed by atoms with van der Waals surface area (Å²) in [5.41, 5.74) is 3.64. The molecule has 1 unspecified atom stereocenters. The van der Waals surface area contributed by atoms with E-state index in [0.717, 1.165) is 13.1 Å². The van der Waals surface area contributed by atoms with Gasteiger partial charge in [0.1, 0.15) is 0 Å². The summed E-state index contributed by atoms with van der Waals surface area (Å²) < 4.78 is 0. The molecule has 2 heteroatoms. The molecule has 1 aromatic carbocycles. The fourth-order valence-electron chi connectivity index (χ4n) is 2.36. The van der Waals surface area contributed by atoms with E-state index in [1.807, 2.05) is 12.3 Å². The largest absolute Gasteiger partial charge is 0.316 e. The number of rotatable bonds is 2. The maximum absolute atomic E-state index is 4.60. The topological polar surface area (TPSA) is 24.9 Å². The highest BCUT2D eigenvalue weighted by molar-refractivity contribution is 5.62. The highest BCUT2D eigenvalue weighted by Gasteiger charge is 2.17. The van der Waals surface area contributed by atoms with Crippen molar-refractivity contribution in [1.29, 1.82) is 0 Å². The second-order valence-electron chi connectivity index (χ2n) is 4.53. The Balaban J connectivity index is 1.85. The zero-order valence-corrected chi connectivity index (χ0v) is 9.76. The molecule has 1 aliphatic rings. The molecule has 2 heterocycles. The van der Waals surface area contributed by atoms with Crippen LogP contribution < -0.4 is 5.32 Å². The summed E-state index contributed by atoms with van der Waals surface area (Å²) in [7, 11) is 0. The van der Waals surface area contributed by atoms with Gasteiger partial charge in [0, 0.05) is 29.9 Å². The monoisotopic (exact) mass is 224 g/mol. The molecule has 17 heavy (non-hydrogen) atoms. The maximum atomic E-state index is 4.60. The molecule has 0 bridgehead atoms. The van der Waals surface area contributed by atoms with Gasteiger partial charge < -0.3 is 5.32 Å². The van der Waals surface area contributed by atoms with Crippen LogP contribution in [0.3, 0.4) is 0 Å². The van der Waals surface area contributed by atoms with Gasteiger partial charge in [0.05, 0.1) is 0 Å². The second-order valence-corrected chi connectivity index (χ2v) is 4.53. The minimum atomic E-state index is 0.597. The van der Waals surface area contributed by atoms with Gasteiger partial charge in [-0.3, -0.25) is 4.98 Å². The van der Waals surface area contributed by atoms with Crippen LogP contribution in [0, 0.1) is 0 Å². The Morgan fingerprint density at radius 1 is 1.00 bits per heavy atom. The summed E-state index contributed by atoms with van der Waals surface area (Å²) in [5.74, 6) is 0.597. The summed E-state index contributed by atoms with van der Waals surface area (Å²) in [6.07, 6.45) is 3.20. The van der Waals surface area contributed by atoms with E-state index in [0.29, 0.717) is 5.92 Å².